The second-order valence-electron chi connectivity index (χ2n) is 5.37. The molecule has 1 atom stereocenters. The molecule has 1 aliphatic carbocycles. The second kappa shape index (κ2) is 5.61. The van der Waals surface area contributed by atoms with E-state index in [0.29, 0.717) is 6.42 Å². The molecule has 0 saturated heterocycles. The Morgan fingerprint density at radius 1 is 1.42 bits per heavy atom. The van der Waals surface area contributed by atoms with E-state index in [0.717, 1.165) is 30.5 Å². The van der Waals surface area contributed by atoms with Crippen molar-refractivity contribution in [3.8, 4) is 0 Å². The van der Waals surface area contributed by atoms with Gasteiger partial charge in [-0.05, 0) is 43.9 Å². The quantitative estimate of drug-likeness (QED) is 0.801. The van der Waals surface area contributed by atoms with Crippen LogP contribution in [0.2, 0.25) is 0 Å². The van der Waals surface area contributed by atoms with Crippen LogP contribution in [0, 0.1) is 0 Å². The zero-order valence-corrected chi connectivity index (χ0v) is 11.6. The van der Waals surface area contributed by atoms with Crippen molar-refractivity contribution in [1.82, 2.24) is 5.32 Å². The van der Waals surface area contributed by atoms with Gasteiger partial charge in [-0.2, -0.15) is 0 Å². The van der Waals surface area contributed by atoms with Gasteiger partial charge in [0, 0.05) is 12.8 Å². The van der Waals surface area contributed by atoms with Crippen LogP contribution in [0.1, 0.15) is 44.2 Å². The van der Waals surface area contributed by atoms with E-state index in [4.69, 9.17) is 10.5 Å². The van der Waals surface area contributed by atoms with E-state index >= 15 is 0 Å². The molecule has 1 aromatic rings. The van der Waals surface area contributed by atoms with E-state index in [2.05, 4.69) is 5.32 Å². The first kappa shape index (κ1) is 13.9. The topological polar surface area (TPSA) is 64.3 Å². The highest BCUT2D eigenvalue weighted by molar-refractivity contribution is 5.77. The van der Waals surface area contributed by atoms with Gasteiger partial charge in [0.2, 0.25) is 5.91 Å². The molecule has 1 fully saturated rings. The summed E-state index contributed by atoms with van der Waals surface area (Å²) in [5.74, 6) is 0.0471. The van der Waals surface area contributed by atoms with Gasteiger partial charge in [-0.1, -0.05) is 12.1 Å². The van der Waals surface area contributed by atoms with Crippen LogP contribution in [0.25, 0.3) is 0 Å². The predicted molar refractivity (Wildman–Crippen MR) is 75.6 cm³/mol. The molecule has 4 heteroatoms. The van der Waals surface area contributed by atoms with Crippen molar-refractivity contribution >= 4 is 11.6 Å². The van der Waals surface area contributed by atoms with E-state index in [1.54, 1.807) is 7.11 Å². The Hall–Kier alpha value is -1.55. The Morgan fingerprint density at radius 2 is 2.05 bits per heavy atom. The average molecular weight is 262 g/mol. The van der Waals surface area contributed by atoms with Crippen molar-refractivity contribution in [1.29, 1.82) is 0 Å². The lowest BCUT2D eigenvalue weighted by Gasteiger charge is -2.40. The highest BCUT2D eigenvalue weighted by Crippen LogP contribution is 2.38. The largest absolute Gasteiger partial charge is 0.399 e. The highest BCUT2D eigenvalue weighted by Gasteiger charge is 2.39. The van der Waals surface area contributed by atoms with Gasteiger partial charge in [-0.15, -0.1) is 0 Å². The summed E-state index contributed by atoms with van der Waals surface area (Å²) in [6, 6.07) is 7.56. The summed E-state index contributed by atoms with van der Waals surface area (Å²) in [5, 5.41) is 3.01. The predicted octanol–water partition coefficient (Wildman–Crippen LogP) is 2.41. The van der Waals surface area contributed by atoms with Gasteiger partial charge in [0.15, 0.2) is 0 Å². The Bertz CT molecular complexity index is 432. The third-order valence-corrected chi connectivity index (χ3v) is 3.99. The minimum atomic E-state index is -0.217. The monoisotopic (exact) mass is 262 g/mol. The number of amides is 1. The molecule has 1 unspecified atom stereocenters. The summed E-state index contributed by atoms with van der Waals surface area (Å²) in [6.07, 6.45) is 3.55. The van der Waals surface area contributed by atoms with Crippen molar-refractivity contribution in [2.75, 3.05) is 12.8 Å². The third-order valence-electron chi connectivity index (χ3n) is 3.99. The molecular weight excluding hydrogens is 240 g/mol. The number of rotatable bonds is 5. The molecule has 19 heavy (non-hydrogen) atoms. The van der Waals surface area contributed by atoms with Gasteiger partial charge in [-0.25, -0.2) is 0 Å². The summed E-state index contributed by atoms with van der Waals surface area (Å²) >= 11 is 0. The number of nitrogens with one attached hydrogen (secondary N) is 1. The number of hydrogen-bond donors (Lipinski definition) is 2. The normalized spacial score (nSPS) is 18.4. The van der Waals surface area contributed by atoms with Gasteiger partial charge < -0.3 is 15.8 Å². The number of carbonyl (C=O) groups is 1. The zero-order valence-electron chi connectivity index (χ0n) is 11.6. The van der Waals surface area contributed by atoms with E-state index < -0.39 is 0 Å². The fourth-order valence-corrected chi connectivity index (χ4v) is 2.48. The lowest BCUT2D eigenvalue weighted by molar-refractivity contribution is -0.134. The molecule has 1 saturated carbocycles. The minimum absolute atomic E-state index is 0.0120. The van der Waals surface area contributed by atoms with Crippen LogP contribution in [0.5, 0.6) is 0 Å². The highest BCUT2D eigenvalue weighted by atomic mass is 16.5. The summed E-state index contributed by atoms with van der Waals surface area (Å²) in [7, 11) is 1.69. The van der Waals surface area contributed by atoms with Crippen LogP contribution < -0.4 is 11.1 Å². The lowest BCUT2D eigenvalue weighted by Crippen LogP contribution is -2.44. The fourth-order valence-electron chi connectivity index (χ4n) is 2.48. The van der Waals surface area contributed by atoms with Crippen LogP contribution in [0.4, 0.5) is 5.69 Å². The van der Waals surface area contributed by atoms with Crippen LogP contribution in [0.3, 0.4) is 0 Å². The first-order valence-electron chi connectivity index (χ1n) is 6.75. The fraction of sp³-hybridized carbons (Fsp3) is 0.533. The lowest BCUT2D eigenvalue weighted by atomic mass is 9.77. The molecule has 2 rings (SSSR count). The van der Waals surface area contributed by atoms with Gasteiger partial charge in [-0.3, -0.25) is 4.79 Å². The number of anilines is 1. The van der Waals surface area contributed by atoms with Crippen molar-refractivity contribution in [2.45, 2.75) is 44.2 Å². The number of nitrogens with two attached hydrogens (primary N) is 1. The van der Waals surface area contributed by atoms with Gasteiger partial charge in [0.25, 0.3) is 0 Å². The van der Waals surface area contributed by atoms with Crippen molar-refractivity contribution in [3.63, 3.8) is 0 Å². The Morgan fingerprint density at radius 3 is 2.53 bits per heavy atom. The van der Waals surface area contributed by atoms with E-state index in [9.17, 15) is 4.79 Å². The molecule has 0 bridgehead atoms. The molecule has 1 aromatic carbocycles. The van der Waals surface area contributed by atoms with Crippen molar-refractivity contribution in [3.05, 3.63) is 29.8 Å². The van der Waals surface area contributed by atoms with Crippen molar-refractivity contribution in [2.24, 2.45) is 0 Å². The Balaban J connectivity index is 1.89. The standard InChI is InChI=1S/C15H22N2O2/c1-11(12-4-6-13(16)7-5-12)17-14(18)10-15(19-2)8-3-9-15/h4-7,11H,3,8-10,16H2,1-2H3,(H,17,18). The smallest absolute Gasteiger partial charge is 0.223 e. The summed E-state index contributed by atoms with van der Waals surface area (Å²) in [5.41, 5.74) is 7.22. The SMILES string of the molecule is COC1(CC(=O)NC(C)c2ccc(N)cc2)CCC1. The van der Waals surface area contributed by atoms with Gasteiger partial charge >= 0.3 is 0 Å². The Kier molecular flexibility index (Phi) is 4.10. The number of carbonyl (C=O) groups excluding carboxylic acids is 1. The van der Waals surface area contributed by atoms with Crippen molar-refractivity contribution < 1.29 is 9.53 Å². The van der Waals surface area contributed by atoms with E-state index in [1.807, 2.05) is 31.2 Å². The molecule has 0 heterocycles. The van der Waals surface area contributed by atoms with Crippen LogP contribution in [-0.4, -0.2) is 18.6 Å². The molecule has 3 N–H and O–H groups in total. The molecule has 1 aliphatic rings. The molecular formula is C15H22N2O2. The minimum Gasteiger partial charge on any atom is -0.399 e. The van der Waals surface area contributed by atoms with Crippen LogP contribution >= 0.6 is 0 Å². The Labute approximate surface area is 114 Å². The molecule has 1 amide bonds. The maximum atomic E-state index is 12.0. The van der Waals surface area contributed by atoms with E-state index in [-0.39, 0.29) is 17.6 Å². The van der Waals surface area contributed by atoms with E-state index in [1.165, 1.54) is 0 Å². The summed E-state index contributed by atoms with van der Waals surface area (Å²) in [4.78, 5) is 12.0. The zero-order chi connectivity index (χ0) is 13.9. The average Bonchev–Trinajstić information content (AvgIpc) is 2.34. The van der Waals surface area contributed by atoms with Crippen LogP contribution in [0.15, 0.2) is 24.3 Å². The van der Waals surface area contributed by atoms with Crippen LogP contribution in [-0.2, 0) is 9.53 Å². The van der Waals surface area contributed by atoms with Gasteiger partial charge in [0.05, 0.1) is 18.1 Å². The molecule has 104 valence electrons. The number of nitrogen functional groups attached to an aromatic ring is 1. The first-order valence-corrected chi connectivity index (χ1v) is 6.75. The summed E-state index contributed by atoms with van der Waals surface area (Å²) < 4.78 is 5.47. The summed E-state index contributed by atoms with van der Waals surface area (Å²) in [6.45, 7) is 1.98. The van der Waals surface area contributed by atoms with Gasteiger partial charge in [0.1, 0.15) is 0 Å². The molecule has 0 spiro atoms. The number of hydrogen-bond acceptors (Lipinski definition) is 3. The number of benzene rings is 1. The number of ether oxygens (including phenoxy) is 1. The molecule has 0 aliphatic heterocycles. The molecule has 4 nitrogen and oxygen atoms in total. The first-order chi connectivity index (χ1) is 9.04. The maximum Gasteiger partial charge on any atom is 0.223 e. The third kappa shape index (κ3) is 3.26. The number of methoxy groups -OCH3 is 1. The molecule has 0 radical (unpaired) electrons. The maximum absolute atomic E-state index is 12.0. The molecule has 0 aromatic heterocycles. The second-order valence-corrected chi connectivity index (χ2v) is 5.37.